The normalized spacial score (nSPS) is 11.4. The number of hydrogen-bond acceptors (Lipinski definition) is 2. The number of para-hydroxylation sites is 1. The minimum Gasteiger partial charge on any atom is -0.507 e. The summed E-state index contributed by atoms with van der Waals surface area (Å²) in [4.78, 5) is 12.0. The van der Waals surface area contributed by atoms with Crippen molar-refractivity contribution < 1.29 is 14.3 Å². The summed E-state index contributed by atoms with van der Waals surface area (Å²) in [5.74, 6) is -0.970. The van der Waals surface area contributed by atoms with Gasteiger partial charge in [-0.2, -0.15) is 0 Å². The van der Waals surface area contributed by atoms with Crippen molar-refractivity contribution in [1.82, 2.24) is 0 Å². The summed E-state index contributed by atoms with van der Waals surface area (Å²) in [6.45, 7) is 0. The summed E-state index contributed by atoms with van der Waals surface area (Å²) in [7, 11) is 0. The molecule has 19 heavy (non-hydrogen) atoms. The molecule has 0 unspecified atom stereocenters. The van der Waals surface area contributed by atoms with Gasteiger partial charge in [-0.05, 0) is 35.9 Å². The third-order valence-corrected chi connectivity index (χ3v) is 2.81. The number of ketones is 1. The first-order valence-corrected chi connectivity index (χ1v) is 5.91. The van der Waals surface area contributed by atoms with Gasteiger partial charge in [-0.15, -0.1) is 0 Å². The van der Waals surface area contributed by atoms with Gasteiger partial charge in [-0.1, -0.05) is 35.9 Å². The quantitative estimate of drug-likeness (QED) is 0.680. The lowest BCUT2D eigenvalue weighted by Crippen LogP contribution is -1.99. The van der Waals surface area contributed by atoms with Crippen LogP contribution in [0.25, 0.3) is 6.08 Å². The molecule has 1 N–H and O–H groups in total. The van der Waals surface area contributed by atoms with Crippen molar-refractivity contribution in [3.63, 3.8) is 0 Å². The molecule has 2 aromatic carbocycles. The second-order valence-electron chi connectivity index (χ2n) is 3.89. The molecule has 0 amide bonds. The largest absolute Gasteiger partial charge is 0.507 e. The lowest BCUT2D eigenvalue weighted by molar-refractivity contribution is 0.104. The average Bonchev–Trinajstić information content (AvgIpc) is 2.41. The molecule has 0 atom stereocenters. The van der Waals surface area contributed by atoms with E-state index >= 15 is 0 Å². The van der Waals surface area contributed by atoms with Gasteiger partial charge in [0.05, 0.1) is 10.6 Å². The van der Waals surface area contributed by atoms with E-state index in [1.54, 1.807) is 12.1 Å². The predicted molar refractivity (Wildman–Crippen MR) is 72.7 cm³/mol. The molecule has 0 radical (unpaired) electrons. The van der Waals surface area contributed by atoms with E-state index < -0.39 is 5.78 Å². The minimum atomic E-state index is -0.482. The number of benzene rings is 2. The number of hydrogen-bond donors (Lipinski definition) is 1. The summed E-state index contributed by atoms with van der Waals surface area (Å²) in [6, 6.07) is 11.7. The molecule has 2 aromatic rings. The Balaban J connectivity index is 2.29. The Kier molecular flexibility index (Phi) is 3.97. The maximum Gasteiger partial charge on any atom is 0.208 e. The molecule has 2 nitrogen and oxygen atoms in total. The highest BCUT2D eigenvalue weighted by Crippen LogP contribution is 2.22. The van der Waals surface area contributed by atoms with Crippen molar-refractivity contribution in [2.24, 2.45) is 0 Å². The van der Waals surface area contributed by atoms with Crippen LogP contribution in [0.2, 0.25) is 0 Å². The van der Waals surface area contributed by atoms with Crippen molar-refractivity contribution in [3.05, 3.63) is 70.5 Å². The Labute approximate surface area is 114 Å². The van der Waals surface area contributed by atoms with Gasteiger partial charge in [0.25, 0.3) is 0 Å². The number of carbonyl (C=O) groups excluding carboxylic acids is 1. The summed E-state index contributed by atoms with van der Waals surface area (Å²) in [6.07, 6.45) is 1.43. The molecule has 0 saturated heterocycles. The standard InChI is InChI=1S/C15H10ClFO2/c16-13(9-10-5-7-11(17)8-6-10)15(19)12-3-1-2-4-14(12)18/h1-9,18H. The number of Topliss-reactive ketones (excluding diaryl/α,β-unsaturated/α-hetero) is 1. The maximum atomic E-state index is 12.7. The van der Waals surface area contributed by atoms with Gasteiger partial charge in [-0.3, -0.25) is 4.79 Å². The Hall–Kier alpha value is -2.13. The monoisotopic (exact) mass is 276 g/mol. The van der Waals surface area contributed by atoms with Crippen molar-refractivity contribution in [1.29, 1.82) is 0 Å². The fourth-order valence-electron chi connectivity index (χ4n) is 1.57. The Bertz CT molecular complexity index is 633. The number of aromatic hydroxyl groups is 1. The molecule has 0 heterocycles. The molecule has 0 bridgehead atoms. The zero-order valence-electron chi connectivity index (χ0n) is 9.81. The highest BCUT2D eigenvalue weighted by Gasteiger charge is 2.13. The molecular weight excluding hydrogens is 267 g/mol. The van der Waals surface area contributed by atoms with Gasteiger partial charge >= 0.3 is 0 Å². The SMILES string of the molecule is O=C(C(Cl)=Cc1ccc(F)cc1)c1ccccc1O. The van der Waals surface area contributed by atoms with Crippen LogP contribution in [0.3, 0.4) is 0 Å². The van der Waals surface area contributed by atoms with Crippen LogP contribution in [-0.4, -0.2) is 10.9 Å². The molecule has 0 aliphatic carbocycles. The van der Waals surface area contributed by atoms with Crippen molar-refractivity contribution in [3.8, 4) is 5.75 Å². The van der Waals surface area contributed by atoms with Crippen LogP contribution >= 0.6 is 11.6 Å². The fraction of sp³-hybridized carbons (Fsp3) is 0. The number of allylic oxidation sites excluding steroid dienone is 1. The zero-order valence-corrected chi connectivity index (χ0v) is 10.6. The minimum absolute atomic E-state index is 0.0480. The number of halogens is 2. The van der Waals surface area contributed by atoms with Crippen LogP contribution < -0.4 is 0 Å². The van der Waals surface area contributed by atoms with Crippen LogP contribution in [0, 0.1) is 5.82 Å². The Morgan fingerprint density at radius 1 is 1.11 bits per heavy atom. The second kappa shape index (κ2) is 5.67. The van der Waals surface area contributed by atoms with Gasteiger partial charge in [0, 0.05) is 0 Å². The summed E-state index contributed by atoms with van der Waals surface area (Å²) >= 11 is 5.92. The maximum absolute atomic E-state index is 12.7. The summed E-state index contributed by atoms with van der Waals surface area (Å²) < 4.78 is 12.7. The molecule has 0 aromatic heterocycles. The molecule has 0 spiro atoms. The van der Waals surface area contributed by atoms with E-state index in [0.29, 0.717) is 5.56 Å². The number of phenolic OH excluding ortho intramolecular Hbond substituents is 1. The third kappa shape index (κ3) is 3.20. The molecule has 0 aliphatic rings. The fourth-order valence-corrected chi connectivity index (χ4v) is 1.79. The van der Waals surface area contributed by atoms with E-state index in [1.165, 1.54) is 42.5 Å². The first-order chi connectivity index (χ1) is 9.08. The number of carbonyl (C=O) groups is 1. The van der Waals surface area contributed by atoms with Gasteiger partial charge in [0.1, 0.15) is 11.6 Å². The summed E-state index contributed by atoms with van der Waals surface area (Å²) in [5, 5.41) is 9.53. The van der Waals surface area contributed by atoms with Gasteiger partial charge in [0.15, 0.2) is 0 Å². The van der Waals surface area contributed by atoms with E-state index in [-0.39, 0.29) is 22.2 Å². The number of rotatable bonds is 3. The summed E-state index contributed by atoms with van der Waals surface area (Å²) in [5.41, 5.74) is 0.737. The van der Waals surface area contributed by atoms with Crippen molar-refractivity contribution in [2.75, 3.05) is 0 Å². The predicted octanol–water partition coefficient (Wildman–Crippen LogP) is 3.99. The molecule has 96 valence electrons. The van der Waals surface area contributed by atoms with Gasteiger partial charge < -0.3 is 5.11 Å². The average molecular weight is 277 g/mol. The zero-order chi connectivity index (χ0) is 13.8. The topological polar surface area (TPSA) is 37.3 Å². The third-order valence-electron chi connectivity index (χ3n) is 2.53. The van der Waals surface area contributed by atoms with E-state index in [1.807, 2.05) is 0 Å². The molecule has 4 heteroatoms. The van der Waals surface area contributed by atoms with Gasteiger partial charge in [0.2, 0.25) is 5.78 Å². The first-order valence-electron chi connectivity index (χ1n) is 5.53. The molecule has 2 rings (SSSR count). The van der Waals surface area contributed by atoms with Crippen LogP contribution in [0.4, 0.5) is 4.39 Å². The first kappa shape index (κ1) is 13.3. The molecule has 0 fully saturated rings. The van der Waals surface area contributed by atoms with Crippen LogP contribution in [-0.2, 0) is 0 Å². The lowest BCUT2D eigenvalue weighted by Gasteiger charge is -2.02. The van der Waals surface area contributed by atoms with E-state index in [9.17, 15) is 14.3 Å². The molecule has 0 saturated carbocycles. The van der Waals surface area contributed by atoms with Crippen molar-refractivity contribution >= 4 is 23.5 Å². The van der Waals surface area contributed by atoms with Gasteiger partial charge in [-0.25, -0.2) is 4.39 Å². The van der Waals surface area contributed by atoms with E-state index in [0.717, 1.165) is 0 Å². The highest BCUT2D eigenvalue weighted by molar-refractivity contribution is 6.47. The van der Waals surface area contributed by atoms with E-state index in [2.05, 4.69) is 0 Å². The van der Waals surface area contributed by atoms with Crippen molar-refractivity contribution in [2.45, 2.75) is 0 Å². The Morgan fingerprint density at radius 2 is 1.74 bits per heavy atom. The molecule has 0 aliphatic heterocycles. The van der Waals surface area contributed by atoms with E-state index in [4.69, 9.17) is 11.6 Å². The highest BCUT2D eigenvalue weighted by atomic mass is 35.5. The van der Waals surface area contributed by atoms with Crippen LogP contribution in [0.15, 0.2) is 53.6 Å². The van der Waals surface area contributed by atoms with Crippen LogP contribution in [0.1, 0.15) is 15.9 Å². The van der Waals surface area contributed by atoms with Crippen LogP contribution in [0.5, 0.6) is 5.75 Å². The molecular formula is C15H10ClFO2. The lowest BCUT2D eigenvalue weighted by atomic mass is 10.1. The second-order valence-corrected chi connectivity index (χ2v) is 4.30. The Morgan fingerprint density at radius 3 is 2.37 bits per heavy atom. The smallest absolute Gasteiger partial charge is 0.208 e. The number of phenols is 1.